The van der Waals surface area contributed by atoms with E-state index >= 15 is 0 Å². The molecule has 0 bridgehead atoms. The Labute approximate surface area is 128 Å². The number of halogens is 1. The van der Waals surface area contributed by atoms with Crippen molar-refractivity contribution in [3.05, 3.63) is 59.1 Å². The first kappa shape index (κ1) is 15.3. The molecule has 2 aromatic carbocycles. The minimum atomic E-state index is -2.95. The number of benzene rings is 2. The van der Waals surface area contributed by atoms with Crippen LogP contribution in [0.2, 0.25) is 0 Å². The summed E-state index contributed by atoms with van der Waals surface area (Å²) in [4.78, 5) is 1.88. The van der Waals surface area contributed by atoms with E-state index in [0.717, 1.165) is 9.78 Å². The Kier molecular flexibility index (Phi) is 5.03. The van der Waals surface area contributed by atoms with Crippen LogP contribution in [0.3, 0.4) is 0 Å². The molecule has 106 valence electrons. The Morgan fingerprint density at radius 2 is 1.65 bits per heavy atom. The highest BCUT2D eigenvalue weighted by Crippen LogP contribution is 2.46. The third-order valence-electron chi connectivity index (χ3n) is 2.69. The van der Waals surface area contributed by atoms with Gasteiger partial charge in [0.15, 0.2) is 0 Å². The van der Waals surface area contributed by atoms with Gasteiger partial charge in [-0.15, -0.1) is 0 Å². The lowest BCUT2D eigenvalue weighted by Gasteiger charge is -2.23. The third kappa shape index (κ3) is 3.95. The van der Waals surface area contributed by atoms with Crippen LogP contribution in [-0.2, 0) is 4.57 Å². The van der Waals surface area contributed by atoms with Crippen LogP contribution < -0.4 is 9.83 Å². The van der Waals surface area contributed by atoms with Gasteiger partial charge in [0.2, 0.25) is 0 Å². The van der Waals surface area contributed by atoms with Crippen LogP contribution in [-0.4, -0.2) is 25.3 Å². The SMILES string of the molecule is CN(C)CP(=O)(Oc1ccc(Br)cc1)c1ccccc1. The molecule has 1 atom stereocenters. The molecular formula is C15H17BrNO2P. The highest BCUT2D eigenvalue weighted by atomic mass is 79.9. The molecule has 0 aliphatic heterocycles. The van der Waals surface area contributed by atoms with Crippen molar-refractivity contribution in [3.8, 4) is 5.75 Å². The molecule has 0 aromatic heterocycles. The van der Waals surface area contributed by atoms with Crippen molar-refractivity contribution in [2.24, 2.45) is 0 Å². The maximum absolute atomic E-state index is 13.2. The van der Waals surface area contributed by atoms with E-state index < -0.39 is 7.37 Å². The average molecular weight is 354 g/mol. The van der Waals surface area contributed by atoms with Crippen molar-refractivity contribution in [1.29, 1.82) is 0 Å². The summed E-state index contributed by atoms with van der Waals surface area (Å²) in [6.45, 7) is 0. The highest BCUT2D eigenvalue weighted by Gasteiger charge is 2.28. The molecule has 0 aliphatic rings. The van der Waals surface area contributed by atoms with E-state index in [-0.39, 0.29) is 0 Å². The van der Waals surface area contributed by atoms with Gasteiger partial charge in [0.05, 0.1) is 6.29 Å². The standard InChI is InChI=1S/C15H17BrNO2P/c1-17(2)12-20(18,15-6-4-3-5-7-15)19-14-10-8-13(16)9-11-14/h3-11H,12H2,1-2H3. The van der Waals surface area contributed by atoms with Gasteiger partial charge in [0, 0.05) is 9.78 Å². The number of nitrogens with zero attached hydrogens (tertiary/aromatic N) is 1. The molecule has 1 unspecified atom stereocenters. The van der Waals surface area contributed by atoms with Gasteiger partial charge in [-0.25, -0.2) is 0 Å². The summed E-state index contributed by atoms with van der Waals surface area (Å²) in [5.41, 5.74) is 0. The van der Waals surface area contributed by atoms with E-state index in [1.54, 1.807) is 0 Å². The predicted octanol–water partition coefficient (Wildman–Crippen LogP) is 3.95. The molecule has 0 heterocycles. The summed E-state index contributed by atoms with van der Waals surface area (Å²) in [5, 5.41) is 0.733. The second-order valence-corrected chi connectivity index (χ2v) is 8.02. The molecule has 0 saturated carbocycles. The largest absolute Gasteiger partial charge is 0.439 e. The zero-order chi connectivity index (χ0) is 14.6. The maximum Gasteiger partial charge on any atom is 0.290 e. The van der Waals surface area contributed by atoms with Crippen LogP contribution in [0.4, 0.5) is 0 Å². The summed E-state index contributed by atoms with van der Waals surface area (Å²) in [5.74, 6) is 0.613. The molecule has 0 N–H and O–H groups in total. The fourth-order valence-electron chi connectivity index (χ4n) is 1.86. The molecule has 0 spiro atoms. The zero-order valence-corrected chi connectivity index (χ0v) is 14.0. The highest BCUT2D eigenvalue weighted by molar-refractivity contribution is 9.10. The molecule has 5 heteroatoms. The van der Waals surface area contributed by atoms with Crippen LogP contribution in [0, 0.1) is 0 Å². The second kappa shape index (κ2) is 6.57. The maximum atomic E-state index is 13.2. The molecule has 0 radical (unpaired) electrons. The lowest BCUT2D eigenvalue weighted by atomic mass is 10.3. The third-order valence-corrected chi connectivity index (χ3v) is 5.74. The molecule has 2 aromatic rings. The predicted molar refractivity (Wildman–Crippen MR) is 87.0 cm³/mol. The van der Waals surface area contributed by atoms with Gasteiger partial charge in [-0.1, -0.05) is 34.1 Å². The van der Waals surface area contributed by atoms with E-state index in [9.17, 15) is 4.57 Å². The smallest absolute Gasteiger partial charge is 0.290 e. The second-order valence-electron chi connectivity index (χ2n) is 4.78. The fourth-order valence-corrected chi connectivity index (χ4v) is 4.28. The van der Waals surface area contributed by atoms with Crippen molar-refractivity contribution in [2.45, 2.75) is 0 Å². The van der Waals surface area contributed by atoms with Crippen LogP contribution in [0.5, 0.6) is 5.75 Å². The Morgan fingerprint density at radius 1 is 1.05 bits per heavy atom. The molecule has 0 aliphatic carbocycles. The van der Waals surface area contributed by atoms with E-state index in [0.29, 0.717) is 12.0 Å². The topological polar surface area (TPSA) is 29.5 Å². The van der Waals surface area contributed by atoms with Gasteiger partial charge in [-0.05, 0) is 50.5 Å². The number of hydrogen-bond donors (Lipinski definition) is 0. The van der Waals surface area contributed by atoms with E-state index in [2.05, 4.69) is 15.9 Å². The van der Waals surface area contributed by atoms with Crippen molar-refractivity contribution >= 4 is 28.6 Å². The Morgan fingerprint density at radius 3 is 2.20 bits per heavy atom. The van der Waals surface area contributed by atoms with Crippen LogP contribution in [0.25, 0.3) is 0 Å². The summed E-state index contributed by atoms with van der Waals surface area (Å²) >= 11 is 3.38. The van der Waals surface area contributed by atoms with Gasteiger partial charge >= 0.3 is 0 Å². The molecule has 0 fully saturated rings. The van der Waals surface area contributed by atoms with Crippen molar-refractivity contribution < 1.29 is 9.09 Å². The number of hydrogen-bond acceptors (Lipinski definition) is 3. The van der Waals surface area contributed by atoms with Crippen LogP contribution in [0.1, 0.15) is 0 Å². The van der Waals surface area contributed by atoms with E-state index in [1.165, 1.54) is 0 Å². The first-order valence-electron chi connectivity index (χ1n) is 6.24. The Bertz CT molecular complexity index is 599. The zero-order valence-electron chi connectivity index (χ0n) is 11.5. The normalized spacial score (nSPS) is 14.0. The molecule has 0 amide bonds. The molecular weight excluding hydrogens is 337 g/mol. The van der Waals surface area contributed by atoms with Gasteiger partial charge in [0.25, 0.3) is 7.37 Å². The van der Waals surface area contributed by atoms with Gasteiger partial charge < -0.3 is 4.52 Å². The van der Waals surface area contributed by atoms with Gasteiger partial charge in [-0.3, -0.25) is 9.46 Å². The van der Waals surface area contributed by atoms with Crippen LogP contribution in [0.15, 0.2) is 59.1 Å². The molecule has 20 heavy (non-hydrogen) atoms. The Balaban J connectivity index is 2.33. The van der Waals surface area contributed by atoms with Crippen molar-refractivity contribution in [2.75, 3.05) is 20.4 Å². The summed E-state index contributed by atoms with van der Waals surface area (Å²) in [7, 11) is 0.825. The lowest BCUT2D eigenvalue weighted by Crippen LogP contribution is -2.22. The molecule has 3 nitrogen and oxygen atoms in total. The quantitative estimate of drug-likeness (QED) is 0.762. The lowest BCUT2D eigenvalue weighted by molar-refractivity contribution is 0.425. The fraction of sp³-hybridized carbons (Fsp3) is 0.200. The van der Waals surface area contributed by atoms with Gasteiger partial charge in [-0.2, -0.15) is 0 Å². The van der Waals surface area contributed by atoms with E-state index in [1.807, 2.05) is 73.6 Å². The average Bonchev–Trinajstić information content (AvgIpc) is 2.42. The van der Waals surface area contributed by atoms with Crippen molar-refractivity contribution in [1.82, 2.24) is 4.90 Å². The molecule has 0 saturated heterocycles. The minimum absolute atomic E-state index is 0.368. The minimum Gasteiger partial charge on any atom is -0.439 e. The molecule has 2 rings (SSSR count). The van der Waals surface area contributed by atoms with Gasteiger partial charge in [0.1, 0.15) is 5.75 Å². The first-order chi connectivity index (χ1) is 9.49. The number of rotatable bonds is 5. The Hall–Kier alpha value is -1.09. The van der Waals surface area contributed by atoms with E-state index in [4.69, 9.17) is 4.52 Å². The summed E-state index contributed by atoms with van der Waals surface area (Å²) in [6.07, 6.45) is 0.368. The summed E-state index contributed by atoms with van der Waals surface area (Å²) < 4.78 is 20.0. The summed E-state index contributed by atoms with van der Waals surface area (Å²) in [6, 6.07) is 16.7. The first-order valence-corrected chi connectivity index (χ1v) is 8.84. The van der Waals surface area contributed by atoms with Crippen LogP contribution >= 0.6 is 23.3 Å². The monoisotopic (exact) mass is 353 g/mol. The van der Waals surface area contributed by atoms with Crippen molar-refractivity contribution in [3.63, 3.8) is 0 Å².